The van der Waals surface area contributed by atoms with Crippen LogP contribution < -0.4 is 16.4 Å². The molecule has 0 aromatic carbocycles. The van der Waals surface area contributed by atoms with Gasteiger partial charge in [-0.15, -0.1) is 0 Å². The molecule has 106 valence electrons. The maximum Gasteiger partial charge on any atom is 0.273 e. The summed E-state index contributed by atoms with van der Waals surface area (Å²) in [5.74, 6) is -0.0374. The molecular weight excluding hydrogens is 246 g/mol. The van der Waals surface area contributed by atoms with Crippen molar-refractivity contribution in [3.05, 3.63) is 11.9 Å². The number of hydrogen-bond acceptors (Lipinski definition) is 4. The van der Waals surface area contributed by atoms with Crippen LogP contribution in [0.5, 0.6) is 0 Å². The molecule has 0 spiro atoms. The predicted molar refractivity (Wildman–Crippen MR) is 72.4 cm³/mol. The number of hydrogen-bond donors (Lipinski definition) is 3. The molecule has 0 unspecified atom stereocenters. The minimum absolute atomic E-state index is 0.0806. The molecule has 0 saturated heterocycles. The van der Waals surface area contributed by atoms with Crippen LogP contribution in [0.15, 0.2) is 6.20 Å². The quantitative estimate of drug-likeness (QED) is 0.669. The Morgan fingerprint density at radius 2 is 2.11 bits per heavy atom. The second-order valence-corrected chi connectivity index (χ2v) is 4.81. The lowest BCUT2D eigenvalue weighted by Gasteiger charge is -2.08. The van der Waals surface area contributed by atoms with Gasteiger partial charge < -0.3 is 16.4 Å². The van der Waals surface area contributed by atoms with Crippen molar-refractivity contribution in [3.63, 3.8) is 0 Å². The second kappa shape index (κ2) is 6.77. The van der Waals surface area contributed by atoms with E-state index in [2.05, 4.69) is 15.7 Å². The molecule has 7 heteroatoms. The monoisotopic (exact) mass is 267 g/mol. The molecule has 19 heavy (non-hydrogen) atoms. The zero-order valence-electron chi connectivity index (χ0n) is 11.6. The molecule has 0 saturated carbocycles. The lowest BCUT2D eigenvalue weighted by atomic mass is 10.2. The zero-order valence-corrected chi connectivity index (χ0v) is 11.6. The summed E-state index contributed by atoms with van der Waals surface area (Å²) >= 11 is 0. The number of nitrogens with one attached hydrogen (secondary N) is 2. The standard InChI is InChI=1S/C12H21N5O2/c1-8(2)6-15-10(18)4-5-14-12(19)11-9(13)7-17(3)16-11/h7-8H,4-6,13H2,1-3H3,(H,14,19)(H,15,18). The normalized spacial score (nSPS) is 10.5. The van der Waals surface area contributed by atoms with Crippen LogP contribution in [0.2, 0.25) is 0 Å². The van der Waals surface area contributed by atoms with Gasteiger partial charge in [0.2, 0.25) is 5.91 Å². The van der Waals surface area contributed by atoms with Crippen molar-refractivity contribution in [1.29, 1.82) is 0 Å². The number of aryl methyl sites for hydroxylation is 1. The number of nitrogens with two attached hydrogens (primary N) is 1. The van der Waals surface area contributed by atoms with E-state index in [0.717, 1.165) is 0 Å². The summed E-state index contributed by atoms with van der Waals surface area (Å²) in [4.78, 5) is 23.2. The largest absolute Gasteiger partial charge is 0.396 e. The van der Waals surface area contributed by atoms with Crippen LogP contribution in [0, 0.1) is 5.92 Å². The molecule has 0 bridgehead atoms. The van der Waals surface area contributed by atoms with Gasteiger partial charge in [-0.3, -0.25) is 14.3 Å². The molecule has 1 aromatic rings. The zero-order chi connectivity index (χ0) is 14.4. The van der Waals surface area contributed by atoms with Gasteiger partial charge in [0, 0.05) is 32.8 Å². The van der Waals surface area contributed by atoms with Gasteiger partial charge in [0.1, 0.15) is 0 Å². The van der Waals surface area contributed by atoms with E-state index in [1.54, 1.807) is 13.2 Å². The maximum atomic E-state index is 11.7. The lowest BCUT2D eigenvalue weighted by Crippen LogP contribution is -2.32. The molecule has 0 radical (unpaired) electrons. The first-order valence-corrected chi connectivity index (χ1v) is 6.24. The van der Waals surface area contributed by atoms with Crippen LogP contribution in [0.3, 0.4) is 0 Å². The first kappa shape index (κ1) is 15.0. The Kier molecular flexibility index (Phi) is 5.35. The predicted octanol–water partition coefficient (Wildman–Crippen LogP) is -0.106. The van der Waals surface area contributed by atoms with Gasteiger partial charge in [-0.25, -0.2) is 0 Å². The number of carbonyl (C=O) groups excluding carboxylic acids is 2. The molecule has 1 rings (SSSR count). The number of carbonyl (C=O) groups is 2. The molecule has 0 aliphatic heterocycles. The Labute approximate surface area is 112 Å². The fourth-order valence-electron chi connectivity index (χ4n) is 1.46. The summed E-state index contributed by atoms with van der Waals surface area (Å²) in [5.41, 5.74) is 6.14. The van der Waals surface area contributed by atoms with E-state index in [-0.39, 0.29) is 30.5 Å². The van der Waals surface area contributed by atoms with Crippen molar-refractivity contribution in [2.24, 2.45) is 13.0 Å². The van der Waals surface area contributed by atoms with Gasteiger partial charge in [0.25, 0.3) is 5.91 Å². The summed E-state index contributed by atoms with van der Waals surface area (Å²) in [7, 11) is 1.69. The Morgan fingerprint density at radius 1 is 1.42 bits per heavy atom. The highest BCUT2D eigenvalue weighted by Gasteiger charge is 2.13. The van der Waals surface area contributed by atoms with E-state index in [1.807, 2.05) is 13.8 Å². The van der Waals surface area contributed by atoms with Crippen molar-refractivity contribution in [2.45, 2.75) is 20.3 Å². The molecule has 4 N–H and O–H groups in total. The maximum absolute atomic E-state index is 11.7. The molecule has 0 aliphatic carbocycles. The molecule has 0 atom stereocenters. The third-order valence-corrected chi connectivity index (χ3v) is 2.42. The van der Waals surface area contributed by atoms with Gasteiger partial charge in [-0.05, 0) is 5.92 Å². The molecule has 0 fully saturated rings. The van der Waals surface area contributed by atoms with Crippen molar-refractivity contribution in [3.8, 4) is 0 Å². The third kappa shape index (κ3) is 4.99. The van der Waals surface area contributed by atoms with Crippen molar-refractivity contribution < 1.29 is 9.59 Å². The first-order chi connectivity index (χ1) is 8.90. The highest BCUT2D eigenvalue weighted by Crippen LogP contribution is 2.07. The summed E-state index contributed by atoms with van der Waals surface area (Å²) in [6, 6.07) is 0. The van der Waals surface area contributed by atoms with E-state index < -0.39 is 0 Å². The smallest absolute Gasteiger partial charge is 0.273 e. The minimum atomic E-state index is -0.366. The van der Waals surface area contributed by atoms with E-state index in [4.69, 9.17) is 5.73 Å². The molecule has 1 heterocycles. The SMILES string of the molecule is CC(C)CNC(=O)CCNC(=O)c1nn(C)cc1N. The second-order valence-electron chi connectivity index (χ2n) is 4.81. The van der Waals surface area contributed by atoms with Crippen LogP contribution in [0.1, 0.15) is 30.8 Å². The highest BCUT2D eigenvalue weighted by molar-refractivity contribution is 5.97. The number of amides is 2. The average Bonchev–Trinajstić information content (AvgIpc) is 2.65. The van der Waals surface area contributed by atoms with Crippen LogP contribution in [0.25, 0.3) is 0 Å². The van der Waals surface area contributed by atoms with E-state index in [9.17, 15) is 9.59 Å². The third-order valence-electron chi connectivity index (χ3n) is 2.42. The van der Waals surface area contributed by atoms with Gasteiger partial charge in [-0.1, -0.05) is 13.8 Å². The summed E-state index contributed by atoms with van der Waals surface area (Å²) < 4.78 is 1.47. The fourth-order valence-corrected chi connectivity index (χ4v) is 1.46. The Morgan fingerprint density at radius 3 is 2.63 bits per heavy atom. The number of nitrogens with zero attached hydrogens (tertiary/aromatic N) is 2. The molecular formula is C12H21N5O2. The Bertz CT molecular complexity index is 453. The van der Waals surface area contributed by atoms with Gasteiger partial charge in [0.15, 0.2) is 5.69 Å². The van der Waals surface area contributed by atoms with Crippen LogP contribution in [-0.2, 0) is 11.8 Å². The fraction of sp³-hybridized carbons (Fsp3) is 0.583. The number of aromatic nitrogens is 2. The first-order valence-electron chi connectivity index (χ1n) is 6.24. The lowest BCUT2D eigenvalue weighted by molar-refractivity contribution is -0.121. The van der Waals surface area contributed by atoms with Gasteiger partial charge in [0.05, 0.1) is 5.69 Å². The number of rotatable bonds is 6. The summed E-state index contributed by atoms with van der Waals surface area (Å²) in [5, 5.41) is 9.34. The van der Waals surface area contributed by atoms with E-state index in [0.29, 0.717) is 18.2 Å². The van der Waals surface area contributed by atoms with E-state index >= 15 is 0 Å². The summed E-state index contributed by atoms with van der Waals surface area (Å²) in [6.07, 6.45) is 1.80. The van der Waals surface area contributed by atoms with Crippen LogP contribution >= 0.6 is 0 Å². The molecule has 1 aromatic heterocycles. The number of anilines is 1. The molecule has 7 nitrogen and oxygen atoms in total. The summed E-state index contributed by atoms with van der Waals surface area (Å²) in [6.45, 7) is 4.94. The number of nitrogen functional groups attached to an aromatic ring is 1. The van der Waals surface area contributed by atoms with Crippen molar-refractivity contribution in [2.75, 3.05) is 18.8 Å². The minimum Gasteiger partial charge on any atom is -0.396 e. The van der Waals surface area contributed by atoms with Crippen LogP contribution in [0.4, 0.5) is 5.69 Å². The average molecular weight is 267 g/mol. The molecule has 2 amide bonds. The van der Waals surface area contributed by atoms with Crippen LogP contribution in [-0.4, -0.2) is 34.7 Å². The Hall–Kier alpha value is -2.05. The Balaban J connectivity index is 2.31. The highest BCUT2D eigenvalue weighted by atomic mass is 16.2. The van der Waals surface area contributed by atoms with Gasteiger partial charge >= 0.3 is 0 Å². The van der Waals surface area contributed by atoms with Crippen molar-refractivity contribution in [1.82, 2.24) is 20.4 Å². The van der Waals surface area contributed by atoms with Gasteiger partial charge in [-0.2, -0.15) is 5.10 Å². The van der Waals surface area contributed by atoms with E-state index in [1.165, 1.54) is 4.68 Å². The molecule has 0 aliphatic rings. The topological polar surface area (TPSA) is 102 Å². The van der Waals surface area contributed by atoms with Crippen molar-refractivity contribution >= 4 is 17.5 Å².